The second-order valence-corrected chi connectivity index (χ2v) is 0.862. The third-order valence-electron chi connectivity index (χ3n) is 0.186. The molecule has 0 unspecified atom stereocenters. The highest BCUT2D eigenvalue weighted by Gasteiger charge is 1.65. The highest BCUT2D eigenvalue weighted by molar-refractivity contribution is 4.81. The summed E-state index contributed by atoms with van der Waals surface area (Å²) in [5.41, 5.74) is 5.16. The maximum absolute atomic E-state index is 9.34. The Morgan fingerprint density at radius 1 is 2.00 bits per heavy atom. The molecule has 0 aliphatic heterocycles. The molecule has 0 saturated carbocycles. The van der Waals surface area contributed by atoms with Crippen LogP contribution in [-0.2, 0) is 5.11 Å². The molecule has 2 N–H and O–H groups in total. The summed E-state index contributed by atoms with van der Waals surface area (Å²) in [7, 11) is 0. The molecule has 2 nitrogen and oxygen atoms in total. The van der Waals surface area contributed by atoms with Crippen LogP contribution in [-0.4, -0.2) is 0 Å². The largest absolute Gasteiger partial charge is 0.400 e. The molecule has 0 bridgehead atoms. The second kappa shape index (κ2) is 1.64. The van der Waals surface area contributed by atoms with Crippen molar-refractivity contribution >= 4 is 0 Å². The predicted octanol–water partition coefficient (Wildman–Crippen LogP) is 0.237. The third kappa shape index (κ3) is 3.34. The fourth-order valence-corrected chi connectivity index (χ4v) is 0. The molecule has 0 rings (SSSR count). The Balaban J connectivity index is 3.14. The van der Waals surface area contributed by atoms with Crippen molar-refractivity contribution in [3.8, 4) is 0 Å². The minimum Gasteiger partial charge on any atom is -0.400 e. The molecule has 1 radical (unpaired) electrons. The fourth-order valence-electron chi connectivity index (χ4n) is 0. The van der Waals surface area contributed by atoms with E-state index in [0.29, 0.717) is 12.0 Å². The van der Waals surface area contributed by atoms with Crippen molar-refractivity contribution in [3.63, 3.8) is 0 Å². The van der Waals surface area contributed by atoms with Crippen LogP contribution in [0.15, 0.2) is 12.0 Å². The van der Waals surface area contributed by atoms with Gasteiger partial charge in [-0.1, -0.05) is 0 Å². The van der Waals surface area contributed by atoms with Crippen LogP contribution in [0.2, 0.25) is 0 Å². The van der Waals surface area contributed by atoms with Gasteiger partial charge in [0.05, 0.1) is 0 Å². The normalized spacial score (nSPS) is 11.8. The molecule has 0 aliphatic rings. The first-order valence-corrected chi connectivity index (χ1v) is 1.31. The lowest BCUT2D eigenvalue weighted by molar-refractivity contribution is 0.346. The molecule has 0 aromatic rings. The molecule has 0 aliphatic carbocycles. The highest BCUT2D eigenvalue weighted by Crippen LogP contribution is 1.69. The molecule has 0 fully saturated rings. The van der Waals surface area contributed by atoms with Crippen LogP contribution >= 0.6 is 0 Å². The van der Waals surface area contributed by atoms with Crippen LogP contribution in [0.5, 0.6) is 0 Å². The Bertz CT molecular complexity index is 44.9. The van der Waals surface area contributed by atoms with Gasteiger partial charge in [0.25, 0.3) is 0 Å². The van der Waals surface area contributed by atoms with Crippen LogP contribution in [0.4, 0.5) is 0 Å². The number of rotatable bonds is 0. The summed E-state index contributed by atoms with van der Waals surface area (Å²) in [6.45, 7) is 1.55. The number of nitrogens with two attached hydrogens (primary N) is 1. The van der Waals surface area contributed by atoms with Gasteiger partial charge in [-0.25, -0.2) is 0 Å². The average molecular weight is 72.1 g/mol. The van der Waals surface area contributed by atoms with Gasteiger partial charge in [0.1, 0.15) is 0 Å². The maximum atomic E-state index is 9.34. The summed E-state index contributed by atoms with van der Waals surface area (Å²) in [5.74, 6) is 0. The molecule has 0 spiro atoms. The van der Waals surface area contributed by atoms with E-state index in [1.54, 1.807) is 6.92 Å². The Kier molecular flexibility index (Phi) is 1.42. The molecule has 0 aromatic heterocycles. The van der Waals surface area contributed by atoms with E-state index in [1.165, 1.54) is 0 Å². The molecule has 0 saturated heterocycles. The van der Waals surface area contributed by atoms with E-state index in [0.717, 1.165) is 0 Å². The van der Waals surface area contributed by atoms with Crippen LogP contribution in [0.3, 0.4) is 0 Å². The topological polar surface area (TPSA) is 45.9 Å². The first kappa shape index (κ1) is 4.34. The molecule has 0 amide bonds. The Labute approximate surface area is 30.9 Å². The number of hydrogen-bond donors (Lipinski definition) is 1. The van der Waals surface area contributed by atoms with E-state index >= 15 is 0 Å². The van der Waals surface area contributed by atoms with Gasteiger partial charge in [0.15, 0.2) is 6.26 Å². The smallest absolute Gasteiger partial charge is 0.161 e. The quantitative estimate of drug-likeness (QED) is 0.409. The summed E-state index contributed by atoms with van der Waals surface area (Å²) in [4.78, 5) is 0. The van der Waals surface area contributed by atoms with E-state index < -0.39 is 0 Å². The molecule has 0 atom stereocenters. The molecule has 0 heterocycles. The summed E-state index contributed by atoms with van der Waals surface area (Å²) in [6.07, 6.45) is 0.611. The lowest BCUT2D eigenvalue weighted by Crippen LogP contribution is -1.87. The van der Waals surface area contributed by atoms with Gasteiger partial charge in [-0.2, -0.15) is 0 Å². The molecule has 29 valence electrons. The zero-order valence-corrected chi connectivity index (χ0v) is 3.06. The molecular weight excluding hydrogens is 66.0 g/mol. The van der Waals surface area contributed by atoms with Gasteiger partial charge in [-0.15, -0.1) is 0 Å². The van der Waals surface area contributed by atoms with E-state index in [1.807, 2.05) is 0 Å². The Morgan fingerprint density at radius 2 is 2.20 bits per heavy atom. The van der Waals surface area contributed by atoms with Gasteiger partial charge >= 0.3 is 0 Å². The highest BCUT2D eigenvalue weighted by atomic mass is 16.2. The first-order valence-electron chi connectivity index (χ1n) is 1.31. The van der Waals surface area contributed by atoms with Crippen LogP contribution in [0, 0.1) is 0 Å². The second-order valence-electron chi connectivity index (χ2n) is 0.862. The van der Waals surface area contributed by atoms with Crippen LogP contribution in [0.25, 0.3) is 0 Å². The van der Waals surface area contributed by atoms with Crippen molar-refractivity contribution in [2.45, 2.75) is 6.92 Å². The summed E-state index contributed by atoms with van der Waals surface area (Å²) >= 11 is 0. The van der Waals surface area contributed by atoms with Crippen molar-refractivity contribution in [1.82, 2.24) is 0 Å². The van der Waals surface area contributed by atoms with Gasteiger partial charge < -0.3 is 5.73 Å². The summed E-state index contributed by atoms with van der Waals surface area (Å²) in [6, 6.07) is 0. The van der Waals surface area contributed by atoms with Crippen LogP contribution in [0.1, 0.15) is 6.92 Å². The van der Waals surface area contributed by atoms with Gasteiger partial charge in [-0.05, 0) is 6.92 Å². The standard InChI is InChI=1S/C3H6NO/c1-3(4)2-5/h2H,4H2,1H3/b3-2+. The lowest BCUT2D eigenvalue weighted by atomic mass is 10.6. The van der Waals surface area contributed by atoms with Crippen LogP contribution < -0.4 is 5.73 Å². The molecule has 5 heavy (non-hydrogen) atoms. The van der Waals surface area contributed by atoms with Gasteiger partial charge in [-0.3, -0.25) is 5.11 Å². The third-order valence-corrected chi connectivity index (χ3v) is 0.186. The number of allylic oxidation sites excluding steroid dienone is 1. The van der Waals surface area contributed by atoms with E-state index in [9.17, 15) is 5.11 Å². The van der Waals surface area contributed by atoms with E-state index in [4.69, 9.17) is 5.73 Å². The minimum absolute atomic E-state index is 0.324. The van der Waals surface area contributed by atoms with E-state index in [2.05, 4.69) is 0 Å². The van der Waals surface area contributed by atoms with Gasteiger partial charge in [0.2, 0.25) is 0 Å². The van der Waals surface area contributed by atoms with Crippen molar-refractivity contribution in [2.24, 2.45) is 5.73 Å². The van der Waals surface area contributed by atoms with Crippen molar-refractivity contribution in [1.29, 1.82) is 0 Å². The first-order chi connectivity index (χ1) is 2.27. The fraction of sp³-hybridized carbons (Fsp3) is 0.333. The molecular formula is C3H6NO. The maximum Gasteiger partial charge on any atom is 0.161 e. The van der Waals surface area contributed by atoms with Crippen molar-refractivity contribution < 1.29 is 5.11 Å². The minimum atomic E-state index is 0.324. The zero-order chi connectivity index (χ0) is 4.28. The average Bonchev–Trinajstić information content (AvgIpc) is 1.38. The van der Waals surface area contributed by atoms with Crippen molar-refractivity contribution in [3.05, 3.63) is 12.0 Å². The lowest BCUT2D eigenvalue weighted by Gasteiger charge is -1.72. The van der Waals surface area contributed by atoms with Crippen molar-refractivity contribution in [2.75, 3.05) is 0 Å². The monoisotopic (exact) mass is 72.0 g/mol. The summed E-state index contributed by atoms with van der Waals surface area (Å²) < 4.78 is 0. The molecule has 2 heteroatoms. The predicted molar refractivity (Wildman–Crippen MR) is 18.6 cm³/mol. The number of hydrogen-bond acceptors (Lipinski definition) is 1. The molecule has 0 aromatic carbocycles. The zero-order valence-electron chi connectivity index (χ0n) is 3.06. The van der Waals surface area contributed by atoms with Gasteiger partial charge in [0, 0.05) is 5.70 Å². The Hall–Kier alpha value is -0.660. The summed E-state index contributed by atoms with van der Waals surface area (Å²) in [5, 5.41) is 9.34. The van der Waals surface area contributed by atoms with E-state index in [-0.39, 0.29) is 0 Å². The SMILES string of the molecule is C/C(N)=C\[O]. The Morgan fingerprint density at radius 3 is 2.20 bits per heavy atom.